The molecule has 1 aromatic rings. The lowest BCUT2D eigenvalue weighted by Crippen LogP contribution is -1.95. The first-order valence-electron chi connectivity index (χ1n) is 4.27. The molecule has 2 nitrogen and oxygen atoms in total. The predicted octanol–water partition coefficient (Wildman–Crippen LogP) is 2.27. The summed E-state index contributed by atoms with van der Waals surface area (Å²) >= 11 is 0. The number of allylic oxidation sites excluding steroid dienone is 1. The molecule has 0 aromatic heterocycles. The molecule has 0 atom stereocenters. The third-order valence-corrected chi connectivity index (χ3v) is 2.30. The van der Waals surface area contributed by atoms with Crippen molar-refractivity contribution in [1.82, 2.24) is 0 Å². The molecule has 0 amide bonds. The van der Waals surface area contributed by atoms with Crippen LogP contribution in [-0.2, 0) is 6.42 Å². The highest BCUT2D eigenvalue weighted by Crippen LogP contribution is 2.36. The second kappa shape index (κ2) is 3.13. The van der Waals surface area contributed by atoms with Crippen molar-refractivity contribution < 1.29 is 9.47 Å². The van der Waals surface area contributed by atoms with E-state index in [0.717, 1.165) is 17.9 Å². The van der Waals surface area contributed by atoms with Crippen molar-refractivity contribution >= 4 is 6.08 Å². The van der Waals surface area contributed by atoms with E-state index in [2.05, 4.69) is 18.2 Å². The van der Waals surface area contributed by atoms with Gasteiger partial charge in [0, 0.05) is 5.56 Å². The number of hydrogen-bond donors (Lipinski definition) is 0. The molecule has 0 saturated heterocycles. The topological polar surface area (TPSA) is 18.5 Å². The minimum Gasteiger partial charge on any atom is -0.493 e. The Balaban J connectivity index is 2.56. The molecule has 0 radical (unpaired) electrons. The van der Waals surface area contributed by atoms with Crippen LogP contribution >= 0.6 is 0 Å². The van der Waals surface area contributed by atoms with E-state index in [9.17, 15) is 0 Å². The van der Waals surface area contributed by atoms with E-state index >= 15 is 0 Å². The summed E-state index contributed by atoms with van der Waals surface area (Å²) in [6.07, 6.45) is 5.18. The van der Waals surface area contributed by atoms with Crippen LogP contribution in [0.5, 0.6) is 11.5 Å². The van der Waals surface area contributed by atoms with E-state index in [4.69, 9.17) is 9.47 Å². The van der Waals surface area contributed by atoms with Crippen LogP contribution < -0.4 is 9.47 Å². The summed E-state index contributed by atoms with van der Waals surface area (Å²) in [4.78, 5) is 0. The zero-order valence-corrected chi connectivity index (χ0v) is 7.83. The van der Waals surface area contributed by atoms with Gasteiger partial charge in [-0.25, -0.2) is 0 Å². The van der Waals surface area contributed by atoms with Gasteiger partial charge in [-0.15, -0.1) is 0 Å². The molecule has 1 aliphatic rings. The van der Waals surface area contributed by atoms with Gasteiger partial charge < -0.3 is 9.47 Å². The number of benzene rings is 1. The number of fused-ring (bicyclic) bond motifs is 1. The van der Waals surface area contributed by atoms with Crippen LogP contribution in [0.15, 0.2) is 18.2 Å². The van der Waals surface area contributed by atoms with Crippen LogP contribution in [0.25, 0.3) is 6.08 Å². The van der Waals surface area contributed by atoms with Crippen molar-refractivity contribution in [1.29, 1.82) is 0 Å². The molecule has 0 saturated carbocycles. The quantitative estimate of drug-likeness (QED) is 0.688. The Kier molecular flexibility index (Phi) is 1.97. The molecule has 2 rings (SSSR count). The summed E-state index contributed by atoms with van der Waals surface area (Å²) in [6, 6.07) is 3.99. The smallest absolute Gasteiger partial charge is 0.164 e. The van der Waals surface area contributed by atoms with Gasteiger partial charge in [0.25, 0.3) is 0 Å². The first-order chi connectivity index (χ1) is 6.36. The summed E-state index contributed by atoms with van der Waals surface area (Å²) in [5.74, 6) is 1.68. The minimum atomic E-state index is 0.810. The molecule has 0 spiro atoms. The third kappa shape index (κ3) is 1.18. The van der Waals surface area contributed by atoms with Crippen molar-refractivity contribution in [3.8, 4) is 11.5 Å². The Labute approximate surface area is 77.8 Å². The Bertz CT molecular complexity index is 353. The van der Waals surface area contributed by atoms with Crippen LogP contribution in [0.3, 0.4) is 0 Å². The average Bonchev–Trinajstić information content (AvgIpc) is 2.63. The van der Waals surface area contributed by atoms with E-state index in [1.165, 1.54) is 11.1 Å². The summed E-state index contributed by atoms with van der Waals surface area (Å²) in [6.45, 7) is 0. The van der Waals surface area contributed by atoms with Crippen LogP contribution in [0, 0.1) is 0 Å². The van der Waals surface area contributed by atoms with Gasteiger partial charge in [0.1, 0.15) is 0 Å². The van der Waals surface area contributed by atoms with Crippen LogP contribution in [0.1, 0.15) is 11.1 Å². The van der Waals surface area contributed by atoms with Crippen LogP contribution in [0.4, 0.5) is 0 Å². The molecule has 0 aliphatic heterocycles. The van der Waals surface area contributed by atoms with Crippen molar-refractivity contribution in [3.05, 3.63) is 29.3 Å². The summed E-state index contributed by atoms with van der Waals surface area (Å²) in [7, 11) is 3.34. The molecular formula is C11H12O2. The van der Waals surface area contributed by atoms with Crippen LogP contribution in [0.2, 0.25) is 0 Å². The maximum absolute atomic E-state index is 5.31. The summed E-state index contributed by atoms with van der Waals surface area (Å²) in [5.41, 5.74) is 2.46. The molecule has 2 heteroatoms. The van der Waals surface area contributed by atoms with E-state index in [-0.39, 0.29) is 0 Å². The third-order valence-electron chi connectivity index (χ3n) is 2.30. The number of methoxy groups -OCH3 is 2. The first kappa shape index (κ1) is 8.17. The monoisotopic (exact) mass is 176 g/mol. The van der Waals surface area contributed by atoms with Gasteiger partial charge in [-0.3, -0.25) is 0 Å². The molecule has 0 heterocycles. The minimum absolute atomic E-state index is 0.810. The molecule has 0 N–H and O–H groups in total. The van der Waals surface area contributed by atoms with Gasteiger partial charge in [-0.05, 0) is 18.1 Å². The molecule has 13 heavy (non-hydrogen) atoms. The lowest BCUT2D eigenvalue weighted by molar-refractivity contribution is 0.352. The Morgan fingerprint density at radius 3 is 2.69 bits per heavy atom. The lowest BCUT2D eigenvalue weighted by Gasteiger charge is -2.11. The largest absolute Gasteiger partial charge is 0.493 e. The highest BCUT2D eigenvalue weighted by atomic mass is 16.5. The first-order valence-corrected chi connectivity index (χ1v) is 4.27. The molecule has 0 fully saturated rings. The number of ether oxygens (including phenoxy) is 2. The fourth-order valence-corrected chi connectivity index (χ4v) is 1.68. The van der Waals surface area contributed by atoms with Gasteiger partial charge in [-0.2, -0.15) is 0 Å². The second-order valence-electron chi connectivity index (χ2n) is 2.98. The van der Waals surface area contributed by atoms with Crippen molar-refractivity contribution in [2.45, 2.75) is 6.42 Å². The van der Waals surface area contributed by atoms with E-state index in [0.29, 0.717) is 0 Å². The summed E-state index contributed by atoms with van der Waals surface area (Å²) < 4.78 is 10.5. The van der Waals surface area contributed by atoms with Crippen molar-refractivity contribution in [2.75, 3.05) is 14.2 Å². The average molecular weight is 176 g/mol. The Morgan fingerprint density at radius 1 is 1.15 bits per heavy atom. The Morgan fingerprint density at radius 2 is 2.00 bits per heavy atom. The molecular weight excluding hydrogens is 164 g/mol. The van der Waals surface area contributed by atoms with Gasteiger partial charge >= 0.3 is 0 Å². The fourth-order valence-electron chi connectivity index (χ4n) is 1.68. The zero-order chi connectivity index (χ0) is 9.26. The van der Waals surface area contributed by atoms with Gasteiger partial charge in [0.05, 0.1) is 14.2 Å². The van der Waals surface area contributed by atoms with Gasteiger partial charge in [0.2, 0.25) is 0 Å². The molecule has 1 aromatic carbocycles. The number of rotatable bonds is 2. The highest BCUT2D eigenvalue weighted by molar-refractivity contribution is 5.67. The van der Waals surface area contributed by atoms with Crippen LogP contribution in [-0.4, -0.2) is 14.2 Å². The van der Waals surface area contributed by atoms with E-state index in [1.807, 2.05) is 6.07 Å². The SMILES string of the molecule is COc1ccc2c(c1OC)CC=C2. The zero-order valence-electron chi connectivity index (χ0n) is 7.83. The summed E-state index contributed by atoms with van der Waals surface area (Å²) in [5, 5.41) is 0. The van der Waals surface area contributed by atoms with E-state index < -0.39 is 0 Å². The highest BCUT2D eigenvalue weighted by Gasteiger charge is 2.14. The lowest BCUT2D eigenvalue weighted by atomic mass is 10.1. The molecule has 0 bridgehead atoms. The maximum atomic E-state index is 5.31. The van der Waals surface area contributed by atoms with E-state index in [1.54, 1.807) is 14.2 Å². The number of hydrogen-bond acceptors (Lipinski definition) is 2. The van der Waals surface area contributed by atoms with Gasteiger partial charge in [-0.1, -0.05) is 18.2 Å². The Hall–Kier alpha value is -1.44. The maximum Gasteiger partial charge on any atom is 0.164 e. The second-order valence-corrected chi connectivity index (χ2v) is 2.98. The van der Waals surface area contributed by atoms with Crippen molar-refractivity contribution in [3.63, 3.8) is 0 Å². The predicted molar refractivity (Wildman–Crippen MR) is 52.3 cm³/mol. The molecule has 0 unspecified atom stereocenters. The normalized spacial score (nSPS) is 12.8. The standard InChI is InChI=1S/C11H12O2/c1-12-10-7-6-8-4-3-5-9(8)11(10)13-2/h3-4,6-7H,5H2,1-2H3. The van der Waals surface area contributed by atoms with Crippen molar-refractivity contribution in [2.24, 2.45) is 0 Å². The van der Waals surface area contributed by atoms with Gasteiger partial charge in [0.15, 0.2) is 11.5 Å². The molecule has 68 valence electrons. The fraction of sp³-hybridized carbons (Fsp3) is 0.273. The molecule has 1 aliphatic carbocycles.